The van der Waals surface area contributed by atoms with Crippen molar-refractivity contribution in [2.75, 3.05) is 20.6 Å². The highest BCUT2D eigenvalue weighted by atomic mass is 16.5. The molecule has 0 aliphatic rings. The maximum Gasteiger partial charge on any atom is 0.258 e. The smallest absolute Gasteiger partial charge is 0.258 e. The van der Waals surface area contributed by atoms with E-state index in [1.165, 1.54) is 0 Å². The molecule has 1 unspecified atom stereocenters. The van der Waals surface area contributed by atoms with Crippen LogP contribution in [0, 0.1) is 0 Å². The molecule has 1 atom stereocenters. The third kappa shape index (κ3) is 2.86. The highest BCUT2D eigenvalue weighted by Crippen LogP contribution is 2.17. The predicted molar refractivity (Wildman–Crippen MR) is 63.0 cm³/mol. The summed E-state index contributed by atoms with van der Waals surface area (Å²) in [6.45, 7) is 0.676. The van der Waals surface area contributed by atoms with Gasteiger partial charge in [-0.3, -0.25) is 4.98 Å². The van der Waals surface area contributed by atoms with E-state index in [0.29, 0.717) is 18.3 Å². The van der Waals surface area contributed by atoms with Gasteiger partial charge in [0, 0.05) is 24.5 Å². The summed E-state index contributed by atoms with van der Waals surface area (Å²) in [5, 5.41) is 3.89. The molecule has 17 heavy (non-hydrogen) atoms. The van der Waals surface area contributed by atoms with Gasteiger partial charge in [-0.15, -0.1) is 0 Å². The van der Waals surface area contributed by atoms with Gasteiger partial charge in [-0.2, -0.15) is 4.98 Å². The minimum atomic E-state index is -0.246. The topological polar surface area (TPSA) is 81.1 Å². The molecule has 0 amide bonds. The monoisotopic (exact) mass is 233 g/mol. The molecule has 6 heteroatoms. The standard InChI is InChI=1S/C11H15N5O/c1-16(2)7-9(12)10-14-11(17-15-10)8-3-5-13-6-4-8/h3-6,9H,7,12H2,1-2H3. The zero-order valence-electron chi connectivity index (χ0n) is 9.87. The van der Waals surface area contributed by atoms with Gasteiger partial charge in [0.05, 0.1) is 6.04 Å². The summed E-state index contributed by atoms with van der Waals surface area (Å²) < 4.78 is 5.17. The third-order valence-electron chi connectivity index (χ3n) is 2.26. The van der Waals surface area contributed by atoms with Gasteiger partial charge in [-0.25, -0.2) is 0 Å². The maximum atomic E-state index is 5.95. The fourth-order valence-electron chi connectivity index (χ4n) is 1.47. The van der Waals surface area contributed by atoms with Crippen molar-refractivity contribution >= 4 is 0 Å². The van der Waals surface area contributed by atoms with E-state index in [-0.39, 0.29) is 6.04 Å². The summed E-state index contributed by atoms with van der Waals surface area (Å²) in [7, 11) is 3.90. The van der Waals surface area contributed by atoms with E-state index >= 15 is 0 Å². The van der Waals surface area contributed by atoms with Crippen LogP contribution in [-0.2, 0) is 0 Å². The molecule has 90 valence electrons. The van der Waals surface area contributed by atoms with Crippen molar-refractivity contribution in [1.82, 2.24) is 20.0 Å². The lowest BCUT2D eigenvalue weighted by Crippen LogP contribution is -2.26. The van der Waals surface area contributed by atoms with E-state index in [0.717, 1.165) is 5.56 Å². The number of hydrogen-bond donors (Lipinski definition) is 1. The molecule has 2 heterocycles. The second-order valence-corrected chi connectivity index (χ2v) is 4.06. The predicted octanol–water partition coefficient (Wildman–Crippen LogP) is 0.693. The molecule has 0 spiro atoms. The van der Waals surface area contributed by atoms with Crippen LogP contribution in [0.15, 0.2) is 29.0 Å². The lowest BCUT2D eigenvalue weighted by Gasteiger charge is -2.12. The lowest BCUT2D eigenvalue weighted by atomic mass is 10.2. The molecule has 2 N–H and O–H groups in total. The number of nitrogens with zero attached hydrogens (tertiary/aromatic N) is 4. The number of aromatic nitrogens is 3. The Kier molecular flexibility index (Phi) is 3.46. The van der Waals surface area contributed by atoms with E-state index in [1.807, 2.05) is 31.1 Å². The normalized spacial score (nSPS) is 12.9. The van der Waals surface area contributed by atoms with Crippen LogP contribution in [0.4, 0.5) is 0 Å². The van der Waals surface area contributed by atoms with Crippen molar-refractivity contribution in [2.24, 2.45) is 5.73 Å². The highest BCUT2D eigenvalue weighted by Gasteiger charge is 2.15. The Hall–Kier alpha value is -1.79. The van der Waals surface area contributed by atoms with Crippen LogP contribution in [0.1, 0.15) is 11.9 Å². The summed E-state index contributed by atoms with van der Waals surface area (Å²) in [4.78, 5) is 10.2. The van der Waals surface area contributed by atoms with E-state index in [2.05, 4.69) is 15.1 Å². The summed E-state index contributed by atoms with van der Waals surface area (Å²) in [5.41, 5.74) is 6.79. The van der Waals surface area contributed by atoms with Gasteiger partial charge in [0.25, 0.3) is 5.89 Å². The molecule has 0 saturated heterocycles. The first-order chi connectivity index (χ1) is 8.16. The number of nitrogens with two attached hydrogens (primary N) is 1. The Balaban J connectivity index is 2.16. The Morgan fingerprint density at radius 1 is 1.35 bits per heavy atom. The van der Waals surface area contributed by atoms with E-state index in [4.69, 9.17) is 10.3 Å². The van der Waals surface area contributed by atoms with Crippen molar-refractivity contribution in [3.63, 3.8) is 0 Å². The quantitative estimate of drug-likeness (QED) is 0.836. The van der Waals surface area contributed by atoms with Crippen molar-refractivity contribution in [3.8, 4) is 11.5 Å². The van der Waals surface area contributed by atoms with Gasteiger partial charge in [0.2, 0.25) is 0 Å². The van der Waals surface area contributed by atoms with Crippen LogP contribution < -0.4 is 5.73 Å². The molecule has 2 aromatic rings. The molecule has 0 aliphatic carbocycles. The second-order valence-electron chi connectivity index (χ2n) is 4.06. The van der Waals surface area contributed by atoms with Gasteiger partial charge < -0.3 is 15.2 Å². The van der Waals surface area contributed by atoms with Gasteiger partial charge >= 0.3 is 0 Å². The first-order valence-electron chi connectivity index (χ1n) is 5.31. The molecule has 0 fully saturated rings. The van der Waals surface area contributed by atoms with Crippen LogP contribution in [0.2, 0.25) is 0 Å². The fourth-order valence-corrected chi connectivity index (χ4v) is 1.47. The van der Waals surface area contributed by atoms with Crippen LogP contribution in [0.25, 0.3) is 11.5 Å². The first kappa shape index (κ1) is 11.7. The third-order valence-corrected chi connectivity index (χ3v) is 2.26. The largest absolute Gasteiger partial charge is 0.334 e. The number of likely N-dealkylation sites (N-methyl/N-ethyl adjacent to an activating group) is 1. The molecular formula is C11H15N5O. The number of pyridine rings is 1. The van der Waals surface area contributed by atoms with Crippen molar-refractivity contribution < 1.29 is 4.52 Å². The zero-order chi connectivity index (χ0) is 12.3. The van der Waals surface area contributed by atoms with Crippen LogP contribution in [0.5, 0.6) is 0 Å². The summed E-state index contributed by atoms with van der Waals surface area (Å²) in [6, 6.07) is 3.38. The molecule has 0 radical (unpaired) electrons. The number of hydrogen-bond acceptors (Lipinski definition) is 6. The highest BCUT2D eigenvalue weighted by molar-refractivity contribution is 5.51. The van der Waals surface area contributed by atoms with E-state index in [1.54, 1.807) is 12.4 Å². The van der Waals surface area contributed by atoms with E-state index < -0.39 is 0 Å². The summed E-state index contributed by atoms with van der Waals surface area (Å²) in [5.74, 6) is 0.988. The number of rotatable bonds is 4. The van der Waals surface area contributed by atoms with Gasteiger partial charge in [-0.05, 0) is 26.2 Å². The lowest BCUT2D eigenvalue weighted by molar-refractivity contribution is 0.357. The molecule has 0 saturated carbocycles. The summed E-state index contributed by atoms with van der Waals surface area (Å²) >= 11 is 0. The molecule has 0 bridgehead atoms. The van der Waals surface area contributed by atoms with Crippen LogP contribution in [-0.4, -0.2) is 40.7 Å². The Labute approximate surface area is 99.5 Å². The minimum absolute atomic E-state index is 0.246. The van der Waals surface area contributed by atoms with Gasteiger partial charge in [-0.1, -0.05) is 5.16 Å². The van der Waals surface area contributed by atoms with Crippen molar-refractivity contribution in [2.45, 2.75) is 6.04 Å². The fraction of sp³-hybridized carbons (Fsp3) is 0.364. The average molecular weight is 233 g/mol. The van der Waals surface area contributed by atoms with Crippen LogP contribution in [0.3, 0.4) is 0 Å². The Bertz CT molecular complexity index is 468. The SMILES string of the molecule is CN(C)CC(N)c1noc(-c2ccncc2)n1. The summed E-state index contributed by atoms with van der Waals surface area (Å²) in [6.07, 6.45) is 3.36. The molecular weight excluding hydrogens is 218 g/mol. The maximum absolute atomic E-state index is 5.95. The van der Waals surface area contributed by atoms with Crippen molar-refractivity contribution in [1.29, 1.82) is 0 Å². The molecule has 0 aromatic carbocycles. The molecule has 0 aliphatic heterocycles. The minimum Gasteiger partial charge on any atom is -0.334 e. The Morgan fingerprint density at radius 2 is 2.06 bits per heavy atom. The van der Waals surface area contributed by atoms with Gasteiger partial charge in [0.1, 0.15) is 0 Å². The molecule has 6 nitrogen and oxygen atoms in total. The molecule has 2 aromatic heterocycles. The van der Waals surface area contributed by atoms with E-state index in [9.17, 15) is 0 Å². The van der Waals surface area contributed by atoms with Gasteiger partial charge in [0.15, 0.2) is 5.82 Å². The zero-order valence-corrected chi connectivity index (χ0v) is 9.87. The second kappa shape index (κ2) is 5.03. The first-order valence-corrected chi connectivity index (χ1v) is 5.31. The van der Waals surface area contributed by atoms with Crippen molar-refractivity contribution in [3.05, 3.63) is 30.4 Å². The molecule has 2 rings (SSSR count). The van der Waals surface area contributed by atoms with Crippen LogP contribution >= 0.6 is 0 Å². The Morgan fingerprint density at radius 3 is 2.71 bits per heavy atom. The average Bonchev–Trinajstić information content (AvgIpc) is 2.78.